The molecule has 1 aliphatic heterocycles. The number of carbonyl (C=O) groups is 2. The smallest absolute Gasteiger partial charge is 0.407 e. The van der Waals surface area contributed by atoms with Crippen molar-refractivity contribution in [3.63, 3.8) is 0 Å². The van der Waals surface area contributed by atoms with E-state index in [0.717, 1.165) is 12.8 Å². The van der Waals surface area contributed by atoms with Gasteiger partial charge in [0.15, 0.2) is 0 Å². The monoisotopic (exact) mass is 341 g/mol. The lowest BCUT2D eigenvalue weighted by Crippen LogP contribution is -2.31. The van der Waals surface area contributed by atoms with Crippen LogP contribution in [-0.2, 0) is 4.74 Å². The van der Waals surface area contributed by atoms with Crippen LogP contribution in [0.2, 0.25) is 5.15 Å². The van der Waals surface area contributed by atoms with Gasteiger partial charge in [-0.25, -0.2) is 14.6 Å². The first-order valence-electron chi connectivity index (χ1n) is 7.58. The average molecular weight is 342 g/mol. The van der Waals surface area contributed by atoms with Gasteiger partial charge in [0.05, 0.1) is 12.3 Å². The van der Waals surface area contributed by atoms with Gasteiger partial charge >= 0.3 is 12.1 Å². The van der Waals surface area contributed by atoms with E-state index in [1.54, 1.807) is 13.0 Å². The van der Waals surface area contributed by atoms with Gasteiger partial charge in [-0.3, -0.25) is 0 Å². The molecule has 126 valence electrons. The van der Waals surface area contributed by atoms with Gasteiger partial charge in [-0.1, -0.05) is 11.6 Å². The third-order valence-corrected chi connectivity index (χ3v) is 3.93. The van der Waals surface area contributed by atoms with Crippen molar-refractivity contribution in [1.29, 1.82) is 0 Å². The van der Waals surface area contributed by atoms with Crippen LogP contribution in [0.25, 0.3) is 0 Å². The lowest BCUT2D eigenvalue weighted by molar-refractivity contribution is 0.0527. The molecule has 8 heteroatoms. The summed E-state index contributed by atoms with van der Waals surface area (Å²) in [4.78, 5) is 28.4. The predicted octanol–water partition coefficient (Wildman–Crippen LogP) is 2.86. The minimum absolute atomic E-state index is 0.0611. The zero-order valence-corrected chi connectivity index (χ0v) is 13.7. The second kappa shape index (κ2) is 8.01. The molecular weight excluding hydrogens is 322 g/mol. The van der Waals surface area contributed by atoms with Crippen molar-refractivity contribution in [1.82, 2.24) is 9.88 Å². The highest BCUT2D eigenvalue weighted by molar-refractivity contribution is 6.29. The number of likely N-dealkylation sites (tertiary alicyclic amines) is 1. The van der Waals surface area contributed by atoms with Gasteiger partial charge in [0.2, 0.25) is 0 Å². The number of anilines is 1. The zero-order chi connectivity index (χ0) is 16.8. The molecule has 2 heterocycles. The fourth-order valence-corrected chi connectivity index (χ4v) is 2.73. The summed E-state index contributed by atoms with van der Waals surface area (Å²) in [6, 6.07) is 1.65. The number of nitrogens with one attached hydrogen (secondary N) is 1. The number of hydrogen-bond acceptors (Lipinski definition) is 5. The molecule has 1 fully saturated rings. The minimum atomic E-state index is -0.898. The third-order valence-electron chi connectivity index (χ3n) is 3.72. The number of nitrogens with zero attached hydrogens (tertiary/aromatic N) is 2. The number of aromatic nitrogens is 1. The molecule has 23 heavy (non-hydrogen) atoms. The lowest BCUT2D eigenvalue weighted by atomic mass is 10.1. The summed E-state index contributed by atoms with van der Waals surface area (Å²) in [6.07, 6.45) is 2.73. The van der Waals surface area contributed by atoms with E-state index in [1.807, 2.05) is 0 Å². The highest BCUT2D eigenvalue weighted by atomic mass is 35.5. The van der Waals surface area contributed by atoms with Crippen LogP contribution in [0, 0.1) is 0 Å². The summed E-state index contributed by atoms with van der Waals surface area (Å²) in [6.45, 7) is 2.99. The van der Waals surface area contributed by atoms with E-state index in [0.29, 0.717) is 30.8 Å². The van der Waals surface area contributed by atoms with Crippen molar-refractivity contribution < 1.29 is 19.4 Å². The van der Waals surface area contributed by atoms with E-state index in [2.05, 4.69) is 10.3 Å². The molecule has 0 radical (unpaired) electrons. The Balaban J connectivity index is 2.11. The SMILES string of the molecule is CCOC(=O)c1cnc(Cl)cc1N[C@H]1CCCN(C(=O)O)CC1. The van der Waals surface area contributed by atoms with Crippen LogP contribution in [0.15, 0.2) is 12.3 Å². The molecule has 1 aromatic rings. The van der Waals surface area contributed by atoms with Crippen LogP contribution < -0.4 is 5.32 Å². The Morgan fingerprint density at radius 1 is 1.48 bits per heavy atom. The van der Waals surface area contributed by atoms with Gasteiger partial charge in [-0.15, -0.1) is 0 Å². The number of pyridine rings is 1. The molecule has 0 bridgehead atoms. The molecule has 0 aromatic carbocycles. The van der Waals surface area contributed by atoms with E-state index in [4.69, 9.17) is 21.4 Å². The van der Waals surface area contributed by atoms with Gasteiger partial charge in [-0.2, -0.15) is 0 Å². The summed E-state index contributed by atoms with van der Waals surface area (Å²) in [5, 5.41) is 12.6. The molecule has 0 unspecified atom stereocenters. The van der Waals surface area contributed by atoms with Crippen molar-refractivity contribution in [2.75, 3.05) is 25.0 Å². The van der Waals surface area contributed by atoms with E-state index in [9.17, 15) is 9.59 Å². The summed E-state index contributed by atoms with van der Waals surface area (Å²) >= 11 is 5.92. The lowest BCUT2D eigenvalue weighted by Gasteiger charge is -2.20. The number of halogens is 1. The highest BCUT2D eigenvalue weighted by Crippen LogP contribution is 2.23. The average Bonchev–Trinajstić information content (AvgIpc) is 2.73. The number of ether oxygens (including phenoxy) is 1. The van der Waals surface area contributed by atoms with Gasteiger partial charge in [0, 0.05) is 25.3 Å². The van der Waals surface area contributed by atoms with Gasteiger partial charge in [0.25, 0.3) is 0 Å². The fraction of sp³-hybridized carbons (Fsp3) is 0.533. The highest BCUT2D eigenvalue weighted by Gasteiger charge is 2.22. The topological polar surface area (TPSA) is 91.8 Å². The minimum Gasteiger partial charge on any atom is -0.465 e. The summed E-state index contributed by atoms with van der Waals surface area (Å²) in [7, 11) is 0. The Morgan fingerprint density at radius 2 is 2.26 bits per heavy atom. The molecule has 1 aliphatic rings. The van der Waals surface area contributed by atoms with Crippen molar-refractivity contribution >= 4 is 29.4 Å². The van der Waals surface area contributed by atoms with Crippen LogP contribution in [0.3, 0.4) is 0 Å². The van der Waals surface area contributed by atoms with Crippen LogP contribution in [0.1, 0.15) is 36.5 Å². The van der Waals surface area contributed by atoms with Gasteiger partial charge in [-0.05, 0) is 32.3 Å². The molecule has 0 saturated carbocycles. The van der Waals surface area contributed by atoms with Crippen molar-refractivity contribution in [3.8, 4) is 0 Å². The Bertz CT molecular complexity index is 582. The molecule has 7 nitrogen and oxygen atoms in total. The molecule has 1 aromatic heterocycles. The molecule has 1 atom stereocenters. The molecular formula is C15H20ClN3O4. The van der Waals surface area contributed by atoms with Crippen molar-refractivity contribution in [2.45, 2.75) is 32.2 Å². The second-order valence-electron chi connectivity index (χ2n) is 5.31. The number of esters is 1. The van der Waals surface area contributed by atoms with Gasteiger partial charge < -0.3 is 20.1 Å². The molecule has 2 N–H and O–H groups in total. The third kappa shape index (κ3) is 4.72. The van der Waals surface area contributed by atoms with E-state index >= 15 is 0 Å². The maximum Gasteiger partial charge on any atom is 0.407 e. The molecule has 1 amide bonds. The number of amides is 1. The first-order valence-corrected chi connectivity index (χ1v) is 7.96. The maximum absolute atomic E-state index is 12.0. The molecule has 2 rings (SSSR count). The molecule has 1 saturated heterocycles. The van der Waals surface area contributed by atoms with Crippen LogP contribution >= 0.6 is 11.6 Å². The first kappa shape index (κ1) is 17.3. The fourth-order valence-electron chi connectivity index (χ4n) is 2.57. The van der Waals surface area contributed by atoms with Gasteiger partial charge in [0.1, 0.15) is 10.7 Å². The Labute approximate surface area is 139 Å². The first-order chi connectivity index (χ1) is 11.0. The largest absolute Gasteiger partial charge is 0.465 e. The molecule has 0 aliphatic carbocycles. The Morgan fingerprint density at radius 3 is 2.96 bits per heavy atom. The van der Waals surface area contributed by atoms with Crippen LogP contribution in [0.4, 0.5) is 10.5 Å². The predicted molar refractivity (Wildman–Crippen MR) is 86.1 cm³/mol. The number of carboxylic acid groups (broad SMARTS) is 1. The zero-order valence-electron chi connectivity index (χ0n) is 12.9. The second-order valence-corrected chi connectivity index (χ2v) is 5.70. The quantitative estimate of drug-likeness (QED) is 0.646. The van der Waals surface area contributed by atoms with Crippen molar-refractivity contribution in [2.24, 2.45) is 0 Å². The Kier molecular flexibility index (Phi) is 6.04. The van der Waals surface area contributed by atoms with Crippen molar-refractivity contribution in [3.05, 3.63) is 23.0 Å². The number of carbonyl (C=O) groups excluding carboxylic acids is 1. The number of hydrogen-bond donors (Lipinski definition) is 2. The van der Waals surface area contributed by atoms with Crippen LogP contribution in [0.5, 0.6) is 0 Å². The summed E-state index contributed by atoms with van der Waals surface area (Å²) in [5.41, 5.74) is 0.896. The van der Waals surface area contributed by atoms with E-state index < -0.39 is 12.1 Å². The normalized spacial score (nSPS) is 18.2. The maximum atomic E-state index is 12.0. The van der Waals surface area contributed by atoms with E-state index in [1.165, 1.54) is 11.1 Å². The summed E-state index contributed by atoms with van der Waals surface area (Å²) in [5.74, 6) is -0.458. The standard InChI is InChI=1S/C15H20ClN3O4/c1-2-23-14(20)11-9-17-13(16)8-12(11)18-10-4-3-6-19(7-5-10)15(21)22/h8-10H,2-7H2,1H3,(H,17,18)(H,21,22)/t10-/m0/s1. The van der Waals surface area contributed by atoms with E-state index in [-0.39, 0.29) is 17.8 Å². The molecule has 0 spiro atoms. The summed E-state index contributed by atoms with van der Waals surface area (Å²) < 4.78 is 5.02. The Hall–Kier alpha value is -2.02. The number of rotatable bonds is 4. The van der Waals surface area contributed by atoms with Crippen LogP contribution in [-0.4, -0.2) is 52.8 Å².